The van der Waals surface area contributed by atoms with Crippen LogP contribution in [0.15, 0.2) is 53.4 Å². The Morgan fingerprint density at radius 3 is 3.00 bits per heavy atom. The summed E-state index contributed by atoms with van der Waals surface area (Å²) in [4.78, 5) is 3.32. The Morgan fingerprint density at radius 2 is 2.17 bits per heavy atom. The summed E-state index contributed by atoms with van der Waals surface area (Å²) in [6.45, 7) is 0. The number of nitrogens with one attached hydrogen (secondary N) is 1. The van der Waals surface area contributed by atoms with Gasteiger partial charge in [0.05, 0.1) is 0 Å². The van der Waals surface area contributed by atoms with Crippen LogP contribution in [0.3, 0.4) is 0 Å². The van der Waals surface area contributed by atoms with Gasteiger partial charge in [-0.25, -0.2) is 4.57 Å². The lowest BCUT2D eigenvalue weighted by Gasteiger charge is -1.99. The molecule has 0 saturated heterocycles. The average molecular weight is 302 g/mol. The number of rotatable bonds is 2. The molecule has 2 nitrogen and oxygen atoms in total. The predicted octanol–water partition coefficient (Wildman–Crippen LogP) is 3.35. The van der Waals surface area contributed by atoms with E-state index in [1.54, 1.807) is 0 Å². The highest BCUT2D eigenvalue weighted by Crippen LogP contribution is 2.24. The Balaban J connectivity index is 2.02. The van der Waals surface area contributed by atoms with Gasteiger partial charge in [-0.05, 0) is 29.8 Å². The van der Waals surface area contributed by atoms with E-state index in [2.05, 4.69) is 81.5 Å². The first-order chi connectivity index (χ1) is 8.72. The summed E-state index contributed by atoms with van der Waals surface area (Å²) < 4.78 is 3.20. The van der Waals surface area contributed by atoms with Gasteiger partial charge in [-0.3, -0.25) is 0 Å². The van der Waals surface area contributed by atoms with Gasteiger partial charge in [-0.15, -0.1) is 0 Å². The van der Waals surface area contributed by atoms with Crippen molar-refractivity contribution in [2.75, 3.05) is 0 Å². The molecule has 1 N–H and O–H groups in total. The van der Waals surface area contributed by atoms with Crippen LogP contribution in [0.4, 0.5) is 0 Å². The van der Waals surface area contributed by atoms with Crippen molar-refractivity contribution in [1.82, 2.24) is 4.98 Å². The summed E-state index contributed by atoms with van der Waals surface area (Å²) in [5.74, 6) is 0. The molecule has 0 saturated carbocycles. The van der Waals surface area contributed by atoms with E-state index in [-0.39, 0.29) is 0 Å². The Bertz CT molecular complexity index is 701. The number of nitrogens with zero attached hydrogens (tertiary/aromatic N) is 1. The number of fused-ring (bicyclic) bond motifs is 1. The van der Waals surface area contributed by atoms with Crippen LogP contribution in [0.1, 0.15) is 11.1 Å². The maximum Gasteiger partial charge on any atom is 0.172 e. The minimum absolute atomic E-state index is 0.950. The highest BCUT2D eigenvalue weighted by atomic mass is 79.9. The van der Waals surface area contributed by atoms with Crippen LogP contribution >= 0.6 is 15.9 Å². The third kappa shape index (κ3) is 2.18. The number of aryl methyl sites for hydroxylation is 1. The van der Waals surface area contributed by atoms with Gasteiger partial charge in [-0.1, -0.05) is 15.9 Å². The van der Waals surface area contributed by atoms with E-state index in [0.717, 1.165) is 10.9 Å². The van der Waals surface area contributed by atoms with Gasteiger partial charge in [-0.2, -0.15) is 0 Å². The second-order valence-corrected chi connectivity index (χ2v) is 5.47. The Kier molecular flexibility index (Phi) is 2.92. The van der Waals surface area contributed by atoms with Crippen LogP contribution in [0.25, 0.3) is 10.9 Å². The first kappa shape index (κ1) is 11.5. The normalized spacial score (nSPS) is 11.0. The summed E-state index contributed by atoms with van der Waals surface area (Å²) in [7, 11) is 2.05. The lowest BCUT2D eigenvalue weighted by atomic mass is 10.1. The lowest BCUT2D eigenvalue weighted by Crippen LogP contribution is -2.26. The molecular weight excluding hydrogens is 288 g/mol. The van der Waals surface area contributed by atoms with E-state index in [1.165, 1.54) is 22.0 Å². The fourth-order valence-electron chi connectivity index (χ4n) is 2.27. The number of aromatic nitrogens is 2. The molecule has 0 amide bonds. The Labute approximate surface area is 114 Å². The summed E-state index contributed by atoms with van der Waals surface area (Å²) in [6.07, 6.45) is 7.27. The van der Waals surface area contributed by atoms with E-state index in [1.807, 2.05) is 0 Å². The van der Waals surface area contributed by atoms with Gasteiger partial charge in [0.1, 0.15) is 7.05 Å². The fraction of sp³-hybridized carbons (Fsp3) is 0.133. The molecule has 0 spiro atoms. The van der Waals surface area contributed by atoms with Crippen molar-refractivity contribution in [2.45, 2.75) is 6.42 Å². The summed E-state index contributed by atoms with van der Waals surface area (Å²) in [6, 6.07) is 10.6. The SMILES string of the molecule is C[n+]1cccc(Cc2c[nH]c3ccc(Br)cc23)c1. The van der Waals surface area contributed by atoms with Gasteiger partial charge >= 0.3 is 0 Å². The molecule has 18 heavy (non-hydrogen) atoms. The molecule has 3 aromatic rings. The van der Waals surface area contributed by atoms with Crippen molar-refractivity contribution in [3.05, 3.63) is 64.5 Å². The number of pyridine rings is 1. The second kappa shape index (κ2) is 4.58. The molecule has 3 heteroatoms. The van der Waals surface area contributed by atoms with Crippen LogP contribution in [0.2, 0.25) is 0 Å². The molecule has 0 radical (unpaired) electrons. The second-order valence-electron chi connectivity index (χ2n) is 4.56. The quantitative estimate of drug-likeness (QED) is 0.701. The zero-order valence-corrected chi connectivity index (χ0v) is 11.7. The fourth-order valence-corrected chi connectivity index (χ4v) is 2.63. The van der Waals surface area contributed by atoms with Gasteiger partial charge < -0.3 is 4.98 Å². The molecule has 0 aliphatic rings. The van der Waals surface area contributed by atoms with Crippen LogP contribution in [-0.2, 0) is 13.5 Å². The zero-order valence-electron chi connectivity index (χ0n) is 10.2. The number of halogens is 1. The number of benzene rings is 1. The van der Waals surface area contributed by atoms with Gasteiger partial charge in [0.15, 0.2) is 12.4 Å². The Hall–Kier alpha value is -1.61. The predicted molar refractivity (Wildman–Crippen MR) is 76.4 cm³/mol. The molecule has 1 aromatic carbocycles. The van der Waals surface area contributed by atoms with Crippen molar-refractivity contribution in [1.29, 1.82) is 0 Å². The summed E-state index contributed by atoms with van der Waals surface area (Å²) in [5.41, 5.74) is 3.84. The van der Waals surface area contributed by atoms with Crippen molar-refractivity contribution in [3.8, 4) is 0 Å². The van der Waals surface area contributed by atoms with Gasteiger partial charge in [0.25, 0.3) is 0 Å². The van der Waals surface area contributed by atoms with Crippen LogP contribution in [-0.4, -0.2) is 4.98 Å². The molecule has 3 rings (SSSR count). The number of hydrogen-bond donors (Lipinski definition) is 1. The maximum atomic E-state index is 3.53. The molecule has 0 atom stereocenters. The first-order valence-corrected chi connectivity index (χ1v) is 6.71. The highest BCUT2D eigenvalue weighted by Gasteiger charge is 2.06. The number of hydrogen-bond acceptors (Lipinski definition) is 0. The molecule has 0 fully saturated rings. The molecule has 0 unspecified atom stereocenters. The molecule has 0 bridgehead atoms. The van der Waals surface area contributed by atoms with Crippen LogP contribution in [0.5, 0.6) is 0 Å². The minimum Gasteiger partial charge on any atom is -0.361 e. The van der Waals surface area contributed by atoms with Crippen molar-refractivity contribution in [2.24, 2.45) is 7.05 Å². The first-order valence-electron chi connectivity index (χ1n) is 5.92. The highest BCUT2D eigenvalue weighted by molar-refractivity contribution is 9.10. The van der Waals surface area contributed by atoms with Crippen molar-refractivity contribution in [3.63, 3.8) is 0 Å². The van der Waals surface area contributed by atoms with Crippen LogP contribution in [0, 0.1) is 0 Å². The molecule has 2 heterocycles. The largest absolute Gasteiger partial charge is 0.361 e. The molecule has 90 valence electrons. The number of aromatic amines is 1. The lowest BCUT2D eigenvalue weighted by molar-refractivity contribution is -0.671. The van der Waals surface area contributed by atoms with Crippen molar-refractivity contribution < 1.29 is 4.57 Å². The third-order valence-electron chi connectivity index (χ3n) is 3.13. The third-order valence-corrected chi connectivity index (χ3v) is 3.62. The maximum absolute atomic E-state index is 3.53. The van der Waals surface area contributed by atoms with Gasteiger partial charge in [0.2, 0.25) is 0 Å². The van der Waals surface area contributed by atoms with E-state index < -0.39 is 0 Å². The monoisotopic (exact) mass is 301 g/mol. The molecule has 0 aliphatic carbocycles. The van der Waals surface area contributed by atoms with E-state index in [0.29, 0.717) is 0 Å². The molecular formula is C15H14BrN2+. The van der Waals surface area contributed by atoms with E-state index in [9.17, 15) is 0 Å². The summed E-state index contributed by atoms with van der Waals surface area (Å²) in [5, 5.41) is 1.29. The standard InChI is InChI=1S/C15H14BrN2/c1-18-6-2-3-11(10-18)7-12-9-17-15-5-4-13(16)8-14(12)15/h2-6,8-10,17H,7H2,1H3/q+1. The van der Waals surface area contributed by atoms with Crippen LogP contribution < -0.4 is 4.57 Å². The number of H-pyrrole nitrogens is 1. The van der Waals surface area contributed by atoms with Gasteiger partial charge in [0, 0.05) is 39.6 Å². The van der Waals surface area contributed by atoms with Crippen molar-refractivity contribution >= 4 is 26.8 Å². The minimum atomic E-state index is 0.950. The summed E-state index contributed by atoms with van der Waals surface area (Å²) >= 11 is 3.53. The van der Waals surface area contributed by atoms with E-state index >= 15 is 0 Å². The molecule has 0 aliphatic heterocycles. The smallest absolute Gasteiger partial charge is 0.172 e. The topological polar surface area (TPSA) is 19.7 Å². The Morgan fingerprint density at radius 1 is 1.28 bits per heavy atom. The molecule has 2 aromatic heterocycles. The zero-order chi connectivity index (χ0) is 12.5. The van der Waals surface area contributed by atoms with E-state index in [4.69, 9.17) is 0 Å². The average Bonchev–Trinajstić information content (AvgIpc) is 2.72.